The summed E-state index contributed by atoms with van der Waals surface area (Å²) in [5.74, 6) is -0.882. The van der Waals surface area contributed by atoms with Gasteiger partial charge in [0.25, 0.3) is 0 Å². The Bertz CT molecular complexity index is 493. The third kappa shape index (κ3) is 2.84. The molecule has 1 N–H and O–H groups in total. The number of hydrogen-bond acceptors (Lipinski definition) is 2. The summed E-state index contributed by atoms with van der Waals surface area (Å²) in [7, 11) is 0. The first-order valence-electron chi connectivity index (χ1n) is 6.87. The number of amides is 1. The van der Waals surface area contributed by atoms with E-state index in [1.165, 1.54) is 11.8 Å². The maximum Gasteiger partial charge on any atom is 0.334 e. The number of aliphatic carboxylic acids is 1. The number of carboxylic acids is 1. The van der Waals surface area contributed by atoms with Gasteiger partial charge in [0.05, 0.1) is 0 Å². The summed E-state index contributed by atoms with van der Waals surface area (Å²) >= 11 is 0. The van der Waals surface area contributed by atoms with Crippen LogP contribution in [-0.4, -0.2) is 28.4 Å². The summed E-state index contributed by atoms with van der Waals surface area (Å²) in [5.41, 5.74) is 0.426. The Balaban J connectivity index is 3.32. The van der Waals surface area contributed by atoms with Gasteiger partial charge in [0.15, 0.2) is 5.54 Å². The van der Waals surface area contributed by atoms with E-state index in [0.717, 1.165) is 5.56 Å². The van der Waals surface area contributed by atoms with Crippen LogP contribution < -0.4 is 0 Å². The lowest BCUT2D eigenvalue weighted by Gasteiger charge is -2.37. The Kier molecular flexibility index (Phi) is 4.93. The van der Waals surface area contributed by atoms with E-state index >= 15 is 0 Å². The van der Waals surface area contributed by atoms with E-state index in [9.17, 15) is 14.7 Å². The fraction of sp³-hybridized carbons (Fsp3) is 0.500. The van der Waals surface area contributed by atoms with Gasteiger partial charge in [-0.15, -0.1) is 0 Å². The van der Waals surface area contributed by atoms with Gasteiger partial charge in [-0.05, 0) is 30.9 Å². The zero-order valence-corrected chi connectivity index (χ0v) is 12.8. The Hall–Kier alpha value is -1.84. The van der Waals surface area contributed by atoms with E-state index in [-0.39, 0.29) is 5.91 Å². The molecule has 0 spiro atoms. The fourth-order valence-corrected chi connectivity index (χ4v) is 2.44. The van der Waals surface area contributed by atoms with Gasteiger partial charge in [0, 0.05) is 13.5 Å². The molecule has 4 nitrogen and oxygen atoms in total. The zero-order chi connectivity index (χ0) is 15.5. The van der Waals surface area contributed by atoms with E-state index in [2.05, 4.69) is 13.8 Å². The summed E-state index contributed by atoms with van der Waals surface area (Å²) < 4.78 is 0. The lowest BCUT2D eigenvalue weighted by atomic mass is 9.88. The Labute approximate surface area is 120 Å². The van der Waals surface area contributed by atoms with Crippen molar-refractivity contribution in [1.29, 1.82) is 0 Å². The Morgan fingerprint density at radius 2 is 1.75 bits per heavy atom. The molecule has 0 aliphatic rings. The minimum absolute atomic E-state index is 0.245. The Morgan fingerprint density at radius 1 is 1.25 bits per heavy atom. The molecule has 0 radical (unpaired) electrons. The van der Waals surface area contributed by atoms with Crippen LogP contribution in [0.3, 0.4) is 0 Å². The number of carboxylic acid groups (broad SMARTS) is 1. The van der Waals surface area contributed by atoms with Gasteiger partial charge < -0.3 is 10.0 Å². The molecule has 1 unspecified atom stereocenters. The second-order valence-corrected chi connectivity index (χ2v) is 5.42. The topological polar surface area (TPSA) is 57.6 Å². The predicted molar refractivity (Wildman–Crippen MR) is 78.6 cm³/mol. The van der Waals surface area contributed by atoms with Crippen molar-refractivity contribution >= 4 is 11.9 Å². The first-order chi connectivity index (χ1) is 9.25. The van der Waals surface area contributed by atoms with Crippen molar-refractivity contribution in [1.82, 2.24) is 4.90 Å². The highest BCUT2D eigenvalue weighted by Gasteiger charge is 2.42. The van der Waals surface area contributed by atoms with Gasteiger partial charge in [-0.1, -0.05) is 38.1 Å². The molecule has 1 aromatic carbocycles. The van der Waals surface area contributed by atoms with Crippen LogP contribution in [0, 0.1) is 0 Å². The van der Waals surface area contributed by atoms with Crippen LogP contribution in [0.25, 0.3) is 0 Å². The lowest BCUT2D eigenvalue weighted by Crippen LogP contribution is -2.51. The largest absolute Gasteiger partial charge is 0.479 e. The highest BCUT2D eigenvalue weighted by Crippen LogP contribution is 2.30. The van der Waals surface area contributed by atoms with Crippen molar-refractivity contribution in [2.24, 2.45) is 0 Å². The number of carbonyl (C=O) groups is 2. The summed E-state index contributed by atoms with van der Waals surface area (Å²) in [5, 5.41) is 9.62. The highest BCUT2D eigenvalue weighted by atomic mass is 16.4. The molecule has 0 saturated carbocycles. The molecule has 1 atom stereocenters. The molecule has 1 amide bonds. The Morgan fingerprint density at radius 3 is 2.05 bits per heavy atom. The van der Waals surface area contributed by atoms with Gasteiger partial charge in [0.2, 0.25) is 5.91 Å². The molecule has 0 saturated heterocycles. The number of nitrogens with zero attached hydrogens (tertiary/aromatic N) is 1. The number of likely N-dealkylation sites (N-methyl/N-ethyl adjacent to an activating group) is 1. The van der Waals surface area contributed by atoms with Crippen LogP contribution in [0.1, 0.15) is 51.7 Å². The van der Waals surface area contributed by atoms with Crippen LogP contribution in [0.15, 0.2) is 24.3 Å². The van der Waals surface area contributed by atoms with Crippen LogP contribution in [0.5, 0.6) is 0 Å². The van der Waals surface area contributed by atoms with Crippen molar-refractivity contribution in [2.45, 2.75) is 46.1 Å². The highest BCUT2D eigenvalue weighted by molar-refractivity contribution is 5.87. The molecule has 4 heteroatoms. The number of benzene rings is 1. The molecule has 0 bridgehead atoms. The molecule has 110 valence electrons. The lowest BCUT2D eigenvalue weighted by molar-refractivity contribution is -0.158. The molecule has 0 heterocycles. The average Bonchev–Trinajstić information content (AvgIpc) is 2.38. The number of carbonyl (C=O) groups excluding carboxylic acids is 1. The number of hydrogen-bond donors (Lipinski definition) is 1. The maximum absolute atomic E-state index is 11.8. The molecule has 20 heavy (non-hydrogen) atoms. The van der Waals surface area contributed by atoms with Crippen molar-refractivity contribution in [3.63, 3.8) is 0 Å². The normalized spacial score (nSPS) is 13.9. The fourth-order valence-electron chi connectivity index (χ4n) is 2.44. The van der Waals surface area contributed by atoms with E-state index in [1.54, 1.807) is 26.0 Å². The van der Waals surface area contributed by atoms with E-state index in [4.69, 9.17) is 0 Å². The van der Waals surface area contributed by atoms with E-state index in [1.807, 2.05) is 12.1 Å². The first-order valence-corrected chi connectivity index (χ1v) is 6.87. The quantitative estimate of drug-likeness (QED) is 0.900. The van der Waals surface area contributed by atoms with Crippen molar-refractivity contribution in [2.75, 3.05) is 6.54 Å². The van der Waals surface area contributed by atoms with Crippen molar-refractivity contribution in [3.05, 3.63) is 35.4 Å². The first kappa shape index (κ1) is 16.2. The summed E-state index contributed by atoms with van der Waals surface area (Å²) in [4.78, 5) is 24.9. The van der Waals surface area contributed by atoms with Gasteiger partial charge >= 0.3 is 5.97 Å². The van der Waals surface area contributed by atoms with Gasteiger partial charge in [-0.3, -0.25) is 4.79 Å². The van der Waals surface area contributed by atoms with Gasteiger partial charge in [-0.2, -0.15) is 0 Å². The SMILES string of the molecule is CCN(C(C)=O)C(C)(C(=O)O)c1ccc(C(C)C)cc1. The van der Waals surface area contributed by atoms with Crippen LogP contribution in [-0.2, 0) is 15.1 Å². The molecule has 1 rings (SSSR count). The van der Waals surface area contributed by atoms with Crippen molar-refractivity contribution < 1.29 is 14.7 Å². The minimum Gasteiger partial charge on any atom is -0.479 e. The molecule has 0 fully saturated rings. The van der Waals surface area contributed by atoms with Crippen LogP contribution >= 0.6 is 0 Å². The molecule has 0 aromatic heterocycles. The monoisotopic (exact) mass is 277 g/mol. The van der Waals surface area contributed by atoms with Crippen molar-refractivity contribution in [3.8, 4) is 0 Å². The van der Waals surface area contributed by atoms with Crippen LogP contribution in [0.4, 0.5) is 0 Å². The third-order valence-corrected chi connectivity index (χ3v) is 3.79. The molecule has 0 aliphatic heterocycles. The van der Waals surface area contributed by atoms with Crippen LogP contribution in [0.2, 0.25) is 0 Å². The standard InChI is InChI=1S/C16H23NO3/c1-6-17(12(4)18)16(5,15(19)20)14-9-7-13(8-10-14)11(2)3/h7-11H,6H2,1-5H3,(H,19,20). The van der Waals surface area contributed by atoms with E-state index < -0.39 is 11.5 Å². The third-order valence-electron chi connectivity index (χ3n) is 3.79. The summed E-state index contributed by atoms with van der Waals surface area (Å²) in [6.07, 6.45) is 0. The number of rotatable bonds is 5. The molecular weight excluding hydrogens is 254 g/mol. The van der Waals surface area contributed by atoms with E-state index in [0.29, 0.717) is 18.0 Å². The maximum atomic E-state index is 11.8. The second kappa shape index (κ2) is 6.07. The smallest absolute Gasteiger partial charge is 0.334 e. The summed E-state index contributed by atoms with van der Waals surface area (Å²) in [6, 6.07) is 7.45. The summed E-state index contributed by atoms with van der Waals surface area (Å²) in [6.45, 7) is 9.27. The average molecular weight is 277 g/mol. The zero-order valence-electron chi connectivity index (χ0n) is 12.8. The van der Waals surface area contributed by atoms with Gasteiger partial charge in [-0.25, -0.2) is 4.79 Å². The second-order valence-electron chi connectivity index (χ2n) is 5.42. The predicted octanol–water partition coefficient (Wildman–Crippen LogP) is 2.98. The molecule has 1 aromatic rings. The molecular formula is C16H23NO3. The van der Waals surface area contributed by atoms with Gasteiger partial charge in [0.1, 0.15) is 0 Å². The minimum atomic E-state index is -1.34. The molecule has 0 aliphatic carbocycles.